The van der Waals surface area contributed by atoms with Gasteiger partial charge in [-0.2, -0.15) is 0 Å². The Bertz CT molecular complexity index is 1200. The number of hydrogen-bond acceptors (Lipinski definition) is 8. The fourth-order valence-electron chi connectivity index (χ4n) is 3.02. The van der Waals surface area contributed by atoms with E-state index in [0.29, 0.717) is 28.4 Å². The molecular formula is C24H25N3O6S. The van der Waals surface area contributed by atoms with E-state index in [1.54, 1.807) is 56.5 Å². The van der Waals surface area contributed by atoms with Crippen LogP contribution >= 0.6 is 0 Å². The van der Waals surface area contributed by atoms with Gasteiger partial charge < -0.3 is 19.5 Å². The van der Waals surface area contributed by atoms with Crippen molar-refractivity contribution in [3.05, 3.63) is 71.7 Å². The number of methoxy groups -OCH3 is 2. The van der Waals surface area contributed by atoms with Crippen LogP contribution in [-0.2, 0) is 32.7 Å². The molecule has 0 aliphatic heterocycles. The molecule has 1 N–H and O–H groups in total. The largest absolute Gasteiger partial charge is 0.497 e. The van der Waals surface area contributed by atoms with Gasteiger partial charge in [-0.25, -0.2) is 4.98 Å². The van der Waals surface area contributed by atoms with Gasteiger partial charge in [0.1, 0.15) is 23.1 Å². The Hall–Kier alpha value is -3.79. The number of hydrogen-bond donors (Lipinski definition) is 1. The Balaban J connectivity index is 1.77. The Morgan fingerprint density at radius 3 is 2.59 bits per heavy atom. The second kappa shape index (κ2) is 11.9. The predicted octanol–water partition coefficient (Wildman–Crippen LogP) is 3.51. The van der Waals surface area contributed by atoms with Crippen LogP contribution in [0.5, 0.6) is 11.5 Å². The number of carbonyl (C=O) groups excluding carboxylic acids is 2. The average molecular weight is 484 g/mol. The topological polar surface area (TPSA) is 117 Å². The third-order valence-electron chi connectivity index (χ3n) is 4.76. The molecular weight excluding hydrogens is 458 g/mol. The zero-order valence-corrected chi connectivity index (χ0v) is 19.9. The molecule has 3 aromatic rings. The SMILES string of the molecule is CCC(=O)OCc1cc(NC(=O)c2cccnc2S(=O)Cc2ccc(OC)cc2OC)ccn1. The Kier molecular flexibility index (Phi) is 8.69. The molecule has 2 heterocycles. The summed E-state index contributed by atoms with van der Waals surface area (Å²) in [6, 6.07) is 11.6. The molecule has 10 heteroatoms. The number of carbonyl (C=O) groups is 2. The average Bonchev–Trinajstić information content (AvgIpc) is 2.87. The lowest BCUT2D eigenvalue weighted by Gasteiger charge is -2.12. The van der Waals surface area contributed by atoms with Crippen molar-refractivity contribution in [3.8, 4) is 11.5 Å². The summed E-state index contributed by atoms with van der Waals surface area (Å²) in [4.78, 5) is 32.7. The molecule has 0 spiro atoms. The molecule has 0 aliphatic rings. The van der Waals surface area contributed by atoms with Gasteiger partial charge >= 0.3 is 5.97 Å². The number of ether oxygens (including phenoxy) is 3. The number of anilines is 1. The normalized spacial score (nSPS) is 11.4. The fraction of sp³-hybridized carbons (Fsp3) is 0.250. The summed E-state index contributed by atoms with van der Waals surface area (Å²) < 4.78 is 28.8. The lowest BCUT2D eigenvalue weighted by Crippen LogP contribution is -2.16. The predicted molar refractivity (Wildman–Crippen MR) is 126 cm³/mol. The van der Waals surface area contributed by atoms with E-state index < -0.39 is 16.7 Å². The van der Waals surface area contributed by atoms with Crippen molar-refractivity contribution in [2.75, 3.05) is 19.5 Å². The van der Waals surface area contributed by atoms with Gasteiger partial charge in [0.05, 0.1) is 42.0 Å². The highest BCUT2D eigenvalue weighted by Gasteiger charge is 2.19. The Labute approximate surface area is 199 Å². The van der Waals surface area contributed by atoms with Crippen LogP contribution in [0.4, 0.5) is 5.69 Å². The van der Waals surface area contributed by atoms with Gasteiger partial charge in [0.25, 0.3) is 5.91 Å². The summed E-state index contributed by atoms with van der Waals surface area (Å²) in [5, 5.41) is 2.92. The monoisotopic (exact) mass is 483 g/mol. The van der Waals surface area contributed by atoms with Crippen LogP contribution in [0.3, 0.4) is 0 Å². The van der Waals surface area contributed by atoms with Crippen LogP contribution in [-0.4, -0.2) is 40.3 Å². The van der Waals surface area contributed by atoms with Crippen molar-refractivity contribution >= 4 is 28.4 Å². The molecule has 0 bridgehead atoms. The highest BCUT2D eigenvalue weighted by Crippen LogP contribution is 2.27. The van der Waals surface area contributed by atoms with E-state index in [1.807, 2.05) is 0 Å². The molecule has 0 aliphatic carbocycles. The van der Waals surface area contributed by atoms with Crippen LogP contribution in [0, 0.1) is 0 Å². The highest BCUT2D eigenvalue weighted by molar-refractivity contribution is 7.84. The van der Waals surface area contributed by atoms with E-state index in [0.717, 1.165) is 0 Å². The summed E-state index contributed by atoms with van der Waals surface area (Å²) in [6.07, 6.45) is 3.25. The van der Waals surface area contributed by atoms with Gasteiger partial charge in [-0.05, 0) is 30.3 Å². The molecule has 0 saturated carbocycles. The minimum Gasteiger partial charge on any atom is -0.497 e. The zero-order valence-electron chi connectivity index (χ0n) is 19.1. The quantitative estimate of drug-likeness (QED) is 0.436. The number of pyridine rings is 2. The van der Waals surface area contributed by atoms with Gasteiger partial charge in [-0.15, -0.1) is 0 Å². The van der Waals surface area contributed by atoms with Gasteiger partial charge in [-0.1, -0.05) is 13.0 Å². The van der Waals surface area contributed by atoms with E-state index in [9.17, 15) is 13.8 Å². The molecule has 34 heavy (non-hydrogen) atoms. The molecule has 3 rings (SSSR count). The van der Waals surface area contributed by atoms with E-state index in [-0.39, 0.29) is 35.3 Å². The number of nitrogens with one attached hydrogen (secondary N) is 1. The lowest BCUT2D eigenvalue weighted by molar-refractivity contribution is -0.144. The fourth-order valence-corrected chi connectivity index (χ4v) is 4.26. The third-order valence-corrected chi connectivity index (χ3v) is 6.09. The number of aromatic nitrogens is 2. The maximum Gasteiger partial charge on any atom is 0.305 e. The molecule has 0 fully saturated rings. The first-order valence-corrected chi connectivity index (χ1v) is 11.7. The van der Waals surface area contributed by atoms with Gasteiger partial charge in [0.15, 0.2) is 0 Å². The summed E-state index contributed by atoms with van der Waals surface area (Å²) in [7, 11) is 1.45. The Morgan fingerprint density at radius 2 is 1.85 bits per heavy atom. The van der Waals surface area contributed by atoms with Crippen LogP contribution < -0.4 is 14.8 Å². The van der Waals surface area contributed by atoms with Crippen molar-refractivity contribution in [1.82, 2.24) is 9.97 Å². The number of nitrogens with zero attached hydrogens (tertiary/aromatic N) is 2. The maximum atomic E-state index is 13.2. The first-order chi connectivity index (χ1) is 16.4. The molecule has 2 aromatic heterocycles. The van der Waals surface area contributed by atoms with Crippen LogP contribution in [0.2, 0.25) is 0 Å². The number of esters is 1. The third kappa shape index (κ3) is 6.38. The number of amides is 1. The molecule has 1 atom stereocenters. The first-order valence-electron chi connectivity index (χ1n) is 10.4. The Morgan fingerprint density at radius 1 is 1.03 bits per heavy atom. The zero-order chi connectivity index (χ0) is 24.5. The smallest absolute Gasteiger partial charge is 0.305 e. The van der Waals surface area contributed by atoms with E-state index >= 15 is 0 Å². The van der Waals surface area contributed by atoms with Crippen molar-refractivity contribution in [1.29, 1.82) is 0 Å². The van der Waals surface area contributed by atoms with Crippen molar-refractivity contribution in [2.24, 2.45) is 0 Å². The second-order valence-electron chi connectivity index (χ2n) is 7.03. The maximum absolute atomic E-state index is 13.2. The minimum atomic E-state index is -1.62. The van der Waals surface area contributed by atoms with Crippen LogP contribution in [0.15, 0.2) is 59.9 Å². The molecule has 0 radical (unpaired) electrons. The van der Waals surface area contributed by atoms with E-state index in [2.05, 4.69) is 15.3 Å². The van der Waals surface area contributed by atoms with Gasteiger partial charge in [0.2, 0.25) is 0 Å². The molecule has 178 valence electrons. The van der Waals surface area contributed by atoms with Crippen LogP contribution in [0.1, 0.15) is 35.0 Å². The minimum absolute atomic E-state index is 0.00222. The molecule has 0 saturated heterocycles. The summed E-state index contributed by atoms with van der Waals surface area (Å²) in [5.74, 6) is 0.438. The van der Waals surface area contributed by atoms with E-state index in [4.69, 9.17) is 14.2 Å². The van der Waals surface area contributed by atoms with Gasteiger partial charge in [-0.3, -0.25) is 18.8 Å². The molecule has 1 amide bonds. The van der Waals surface area contributed by atoms with Crippen molar-refractivity contribution in [2.45, 2.75) is 30.7 Å². The summed E-state index contributed by atoms with van der Waals surface area (Å²) in [5.41, 5.74) is 1.82. The first kappa shape index (κ1) is 24.8. The van der Waals surface area contributed by atoms with Crippen LogP contribution in [0.25, 0.3) is 0 Å². The summed E-state index contributed by atoms with van der Waals surface area (Å²) in [6.45, 7) is 1.70. The molecule has 9 nitrogen and oxygen atoms in total. The lowest BCUT2D eigenvalue weighted by atomic mass is 10.2. The standard InChI is InChI=1S/C24H25N3O6S/c1-4-22(28)33-14-18-12-17(9-11-25-18)27-23(29)20-6-5-10-26-24(20)34(30)15-16-7-8-19(31-2)13-21(16)32-3/h5-13H,4,14-15H2,1-3H3,(H,25,27,29). The van der Waals surface area contributed by atoms with E-state index in [1.165, 1.54) is 19.5 Å². The highest BCUT2D eigenvalue weighted by atomic mass is 32.2. The molecule has 1 unspecified atom stereocenters. The number of benzene rings is 1. The molecule has 1 aromatic carbocycles. The van der Waals surface area contributed by atoms with Crippen molar-refractivity contribution < 1.29 is 28.0 Å². The summed E-state index contributed by atoms with van der Waals surface area (Å²) >= 11 is 0. The second-order valence-corrected chi connectivity index (χ2v) is 8.39. The van der Waals surface area contributed by atoms with Gasteiger partial charge in [0, 0.05) is 36.1 Å². The van der Waals surface area contributed by atoms with Crippen molar-refractivity contribution in [3.63, 3.8) is 0 Å². The number of rotatable bonds is 10.